The van der Waals surface area contributed by atoms with E-state index in [-0.39, 0.29) is 16.7 Å². The molecule has 1 atom stereocenters. The molecule has 1 amide bonds. The number of ketones is 1. The highest BCUT2D eigenvalue weighted by molar-refractivity contribution is 7.22. The molecule has 5 rings (SSSR count). The number of aryl methyl sites for hydroxylation is 1. The van der Waals surface area contributed by atoms with E-state index >= 15 is 0 Å². The summed E-state index contributed by atoms with van der Waals surface area (Å²) in [5.74, 6) is -1.06. The van der Waals surface area contributed by atoms with Crippen molar-refractivity contribution in [3.05, 3.63) is 88.8 Å². The minimum atomic E-state index is -0.877. The van der Waals surface area contributed by atoms with Crippen molar-refractivity contribution in [2.24, 2.45) is 0 Å². The fourth-order valence-corrected chi connectivity index (χ4v) is 5.67. The topological polar surface area (TPSA) is 92.6 Å². The maximum absolute atomic E-state index is 13.5. The third-order valence-electron chi connectivity index (χ3n) is 6.64. The van der Waals surface area contributed by atoms with E-state index in [4.69, 9.17) is 9.72 Å². The predicted molar refractivity (Wildman–Crippen MR) is 150 cm³/mol. The fraction of sp³-hybridized carbons (Fsp3) is 0.267. The monoisotopic (exact) mass is 527 g/mol. The van der Waals surface area contributed by atoms with Crippen molar-refractivity contribution in [2.75, 3.05) is 11.5 Å². The lowest BCUT2D eigenvalue weighted by molar-refractivity contribution is -0.132. The van der Waals surface area contributed by atoms with Crippen LogP contribution in [0.3, 0.4) is 0 Å². The first-order valence-corrected chi connectivity index (χ1v) is 13.3. The van der Waals surface area contributed by atoms with Crippen molar-refractivity contribution >= 4 is 44.1 Å². The van der Waals surface area contributed by atoms with E-state index in [1.54, 1.807) is 42.7 Å². The first-order valence-electron chi connectivity index (χ1n) is 12.5. The molecule has 3 heterocycles. The van der Waals surface area contributed by atoms with Gasteiger partial charge in [0.25, 0.3) is 5.78 Å². The number of fused-ring (bicyclic) bond motifs is 1. The van der Waals surface area contributed by atoms with Crippen LogP contribution in [0.5, 0.6) is 5.75 Å². The van der Waals surface area contributed by atoms with E-state index < -0.39 is 17.7 Å². The molecule has 1 aliphatic rings. The number of pyridine rings is 1. The Labute approximate surface area is 225 Å². The van der Waals surface area contributed by atoms with E-state index in [1.807, 2.05) is 26.0 Å². The molecule has 38 heavy (non-hydrogen) atoms. The summed E-state index contributed by atoms with van der Waals surface area (Å²) in [5.41, 5.74) is 3.68. The molecule has 1 fully saturated rings. The van der Waals surface area contributed by atoms with Crippen LogP contribution in [0.4, 0.5) is 5.13 Å². The maximum atomic E-state index is 13.5. The quantitative estimate of drug-likeness (QED) is 0.185. The molecule has 8 heteroatoms. The van der Waals surface area contributed by atoms with E-state index in [0.29, 0.717) is 28.6 Å². The van der Waals surface area contributed by atoms with Gasteiger partial charge in [0.15, 0.2) is 5.13 Å². The van der Waals surface area contributed by atoms with Crippen molar-refractivity contribution in [3.8, 4) is 5.75 Å². The van der Waals surface area contributed by atoms with Gasteiger partial charge in [0.1, 0.15) is 11.5 Å². The Bertz CT molecular complexity index is 1580. The largest absolute Gasteiger partial charge is 0.507 e. The summed E-state index contributed by atoms with van der Waals surface area (Å²) in [7, 11) is 0. The number of nitrogens with zero attached hydrogens (tertiary/aromatic N) is 3. The lowest BCUT2D eigenvalue weighted by Crippen LogP contribution is -2.29. The number of anilines is 1. The summed E-state index contributed by atoms with van der Waals surface area (Å²) in [6.45, 7) is 10.7. The van der Waals surface area contributed by atoms with Crippen LogP contribution >= 0.6 is 11.3 Å². The Hall–Kier alpha value is -4.04. The third kappa shape index (κ3) is 4.45. The summed E-state index contributed by atoms with van der Waals surface area (Å²) in [5, 5.41) is 11.8. The Morgan fingerprint density at radius 3 is 2.58 bits per heavy atom. The number of amides is 1. The van der Waals surface area contributed by atoms with Gasteiger partial charge in [-0.05, 0) is 72.4 Å². The number of hydrogen-bond donors (Lipinski definition) is 1. The van der Waals surface area contributed by atoms with E-state index in [9.17, 15) is 14.7 Å². The Morgan fingerprint density at radius 1 is 1.13 bits per heavy atom. The lowest BCUT2D eigenvalue weighted by atomic mass is 9.87. The van der Waals surface area contributed by atoms with Gasteiger partial charge < -0.3 is 9.84 Å². The van der Waals surface area contributed by atoms with Crippen LogP contribution in [0.1, 0.15) is 56.0 Å². The van der Waals surface area contributed by atoms with Gasteiger partial charge in [0.2, 0.25) is 0 Å². The number of aliphatic hydroxyl groups excluding tert-OH is 1. The Balaban J connectivity index is 1.67. The first-order chi connectivity index (χ1) is 18.1. The van der Waals surface area contributed by atoms with E-state index in [1.165, 1.54) is 16.2 Å². The van der Waals surface area contributed by atoms with Crippen LogP contribution in [-0.4, -0.2) is 33.4 Å². The number of aliphatic hydroxyl groups is 1. The van der Waals surface area contributed by atoms with Gasteiger partial charge in [-0.2, -0.15) is 0 Å². The number of thiazole rings is 1. The van der Waals surface area contributed by atoms with E-state index in [2.05, 4.69) is 31.8 Å². The zero-order valence-corrected chi connectivity index (χ0v) is 22.8. The highest BCUT2D eigenvalue weighted by atomic mass is 32.1. The van der Waals surface area contributed by atoms with Crippen LogP contribution in [0.2, 0.25) is 0 Å². The SMILES string of the molecule is CCOc1ccc(/C(O)=C2\C(=O)C(=O)N(c3nc4ccc(C(C)(C)C)cc4s3)C2c2cccnc2)cc1C. The molecule has 0 spiro atoms. The van der Waals surface area contributed by atoms with E-state index in [0.717, 1.165) is 21.3 Å². The van der Waals surface area contributed by atoms with Crippen molar-refractivity contribution in [1.29, 1.82) is 0 Å². The summed E-state index contributed by atoms with van der Waals surface area (Å²) in [4.78, 5) is 37.3. The van der Waals surface area contributed by atoms with Crippen LogP contribution in [-0.2, 0) is 15.0 Å². The molecule has 4 aromatic rings. The molecule has 2 aromatic heterocycles. The molecule has 0 saturated carbocycles. The first kappa shape index (κ1) is 25.6. The molecule has 2 aromatic carbocycles. The smallest absolute Gasteiger partial charge is 0.301 e. The zero-order chi connectivity index (χ0) is 27.2. The molecular formula is C30H29N3O4S. The molecule has 1 saturated heterocycles. The van der Waals surface area contributed by atoms with Gasteiger partial charge in [-0.25, -0.2) is 4.98 Å². The van der Waals surface area contributed by atoms with Crippen molar-refractivity contribution in [3.63, 3.8) is 0 Å². The van der Waals surface area contributed by atoms with Crippen molar-refractivity contribution in [1.82, 2.24) is 9.97 Å². The molecular weight excluding hydrogens is 498 g/mol. The van der Waals surface area contributed by atoms with Gasteiger partial charge in [-0.15, -0.1) is 0 Å². The second kappa shape index (κ2) is 9.68. The minimum Gasteiger partial charge on any atom is -0.507 e. The molecule has 1 aliphatic heterocycles. The number of Topliss-reactive ketones (excluding diaryl/α,β-unsaturated/α-hetero) is 1. The number of aromatic nitrogens is 2. The van der Waals surface area contributed by atoms with Gasteiger partial charge in [-0.3, -0.25) is 19.5 Å². The minimum absolute atomic E-state index is 0.00111. The maximum Gasteiger partial charge on any atom is 0.301 e. The average Bonchev–Trinajstić information content (AvgIpc) is 3.42. The number of ether oxygens (including phenoxy) is 1. The second-order valence-corrected chi connectivity index (χ2v) is 11.3. The summed E-state index contributed by atoms with van der Waals surface area (Å²) < 4.78 is 6.53. The Morgan fingerprint density at radius 2 is 1.92 bits per heavy atom. The van der Waals surface area contributed by atoms with Crippen LogP contribution in [0.15, 0.2) is 66.5 Å². The summed E-state index contributed by atoms with van der Waals surface area (Å²) in [6.07, 6.45) is 3.22. The molecule has 0 aliphatic carbocycles. The summed E-state index contributed by atoms with van der Waals surface area (Å²) >= 11 is 1.35. The summed E-state index contributed by atoms with van der Waals surface area (Å²) in [6, 6.07) is 13.9. The van der Waals surface area contributed by atoms with Gasteiger partial charge in [0.05, 0.1) is 28.4 Å². The van der Waals surface area contributed by atoms with Gasteiger partial charge >= 0.3 is 5.91 Å². The number of benzene rings is 2. The van der Waals surface area contributed by atoms with Crippen LogP contribution < -0.4 is 9.64 Å². The zero-order valence-electron chi connectivity index (χ0n) is 22.0. The Kier molecular flexibility index (Phi) is 6.53. The predicted octanol–water partition coefficient (Wildman–Crippen LogP) is 6.32. The van der Waals surface area contributed by atoms with Gasteiger partial charge in [0, 0.05) is 18.0 Å². The highest BCUT2D eigenvalue weighted by Gasteiger charge is 2.48. The molecule has 0 bridgehead atoms. The number of carbonyl (C=O) groups excluding carboxylic acids is 2. The van der Waals surface area contributed by atoms with Crippen LogP contribution in [0, 0.1) is 6.92 Å². The fourth-order valence-electron chi connectivity index (χ4n) is 4.63. The molecule has 1 unspecified atom stereocenters. The third-order valence-corrected chi connectivity index (χ3v) is 7.66. The standard InChI is InChI=1S/C30H29N3O4S/c1-6-37-22-12-9-18(14-17(22)2)26(34)24-25(19-8-7-13-31-16-19)33(28(36)27(24)35)29-32-21-11-10-20(30(3,4)5)15-23(21)38-29/h7-16,25,34H,6H2,1-5H3/b26-24+. The van der Waals surface area contributed by atoms with Crippen molar-refractivity contribution < 1.29 is 19.4 Å². The van der Waals surface area contributed by atoms with Gasteiger partial charge in [-0.1, -0.05) is 44.2 Å². The molecule has 0 radical (unpaired) electrons. The molecule has 1 N–H and O–H groups in total. The van der Waals surface area contributed by atoms with Crippen LogP contribution in [0.25, 0.3) is 16.0 Å². The number of carbonyl (C=O) groups is 2. The average molecular weight is 528 g/mol. The lowest BCUT2D eigenvalue weighted by Gasteiger charge is -2.22. The second-order valence-electron chi connectivity index (χ2n) is 10.3. The number of hydrogen-bond acceptors (Lipinski definition) is 7. The molecule has 194 valence electrons. The van der Waals surface area contributed by atoms with Crippen molar-refractivity contribution in [2.45, 2.75) is 46.1 Å². The number of rotatable bonds is 5. The molecule has 7 nitrogen and oxygen atoms in total. The normalized spacial score (nSPS) is 17.4. The highest BCUT2D eigenvalue weighted by Crippen LogP contribution is 2.44.